The maximum absolute atomic E-state index is 9.72. The maximum Gasteiger partial charge on any atom is 0.0928 e. The zero-order valence-corrected chi connectivity index (χ0v) is 12.5. The minimum atomic E-state index is -0.169. The molecule has 1 aromatic rings. The molecular formula is C14H25NOS. The first-order valence-corrected chi connectivity index (χ1v) is 7.31. The summed E-state index contributed by atoms with van der Waals surface area (Å²) in [6.07, 6.45) is 2.72. The van der Waals surface area contributed by atoms with E-state index in [-0.39, 0.29) is 11.5 Å². The van der Waals surface area contributed by atoms with Crippen molar-refractivity contribution in [3.8, 4) is 0 Å². The van der Waals surface area contributed by atoms with Crippen molar-refractivity contribution in [1.29, 1.82) is 0 Å². The van der Waals surface area contributed by atoms with Crippen LogP contribution in [-0.4, -0.2) is 16.2 Å². The molecule has 0 radical (unpaired) electrons. The van der Waals surface area contributed by atoms with Gasteiger partial charge in [0.25, 0.3) is 0 Å². The van der Waals surface area contributed by atoms with Crippen molar-refractivity contribution in [3.05, 3.63) is 16.1 Å². The number of aliphatic hydroxyl groups is 1. The summed E-state index contributed by atoms with van der Waals surface area (Å²) in [6.45, 7) is 10.7. The van der Waals surface area contributed by atoms with Crippen LogP contribution in [0.1, 0.15) is 58.2 Å². The molecule has 1 atom stereocenters. The van der Waals surface area contributed by atoms with Gasteiger partial charge in [0.2, 0.25) is 0 Å². The van der Waals surface area contributed by atoms with Crippen molar-refractivity contribution in [3.63, 3.8) is 0 Å². The maximum atomic E-state index is 9.72. The van der Waals surface area contributed by atoms with Gasteiger partial charge in [-0.1, -0.05) is 34.6 Å². The van der Waals surface area contributed by atoms with Gasteiger partial charge in [-0.2, -0.15) is 0 Å². The Kier molecular flexibility index (Phi) is 5.14. The van der Waals surface area contributed by atoms with Gasteiger partial charge < -0.3 is 5.11 Å². The standard InChI is InChI=1S/C14H25NOS/c1-10(2)11(16)7-6-8-13-15-12(9-17-13)14(3,4)5/h9-11,16H,6-8H2,1-5H3. The van der Waals surface area contributed by atoms with E-state index in [9.17, 15) is 5.11 Å². The summed E-state index contributed by atoms with van der Waals surface area (Å²) in [7, 11) is 0. The van der Waals surface area contributed by atoms with Gasteiger partial charge in [-0.15, -0.1) is 11.3 Å². The lowest BCUT2D eigenvalue weighted by Crippen LogP contribution is -2.14. The van der Waals surface area contributed by atoms with Crippen LogP contribution in [0.2, 0.25) is 0 Å². The third-order valence-corrected chi connectivity index (χ3v) is 3.89. The van der Waals surface area contributed by atoms with E-state index in [1.807, 2.05) is 0 Å². The lowest BCUT2D eigenvalue weighted by Gasteiger charge is -2.14. The Morgan fingerprint density at radius 2 is 2.00 bits per heavy atom. The Morgan fingerprint density at radius 1 is 1.35 bits per heavy atom. The summed E-state index contributed by atoms with van der Waals surface area (Å²) in [5, 5.41) is 13.1. The third kappa shape index (κ3) is 4.76. The van der Waals surface area contributed by atoms with Crippen molar-refractivity contribution in [2.75, 3.05) is 0 Å². The van der Waals surface area contributed by atoms with Gasteiger partial charge in [0.1, 0.15) is 0 Å². The van der Waals surface area contributed by atoms with E-state index in [1.165, 1.54) is 10.7 Å². The van der Waals surface area contributed by atoms with E-state index in [4.69, 9.17) is 0 Å². The molecule has 0 bridgehead atoms. The van der Waals surface area contributed by atoms with Crippen LogP contribution < -0.4 is 0 Å². The molecule has 1 rings (SSSR count). The largest absolute Gasteiger partial charge is 0.393 e. The fourth-order valence-electron chi connectivity index (χ4n) is 1.57. The molecule has 0 aliphatic rings. The summed E-state index contributed by atoms with van der Waals surface area (Å²) >= 11 is 1.74. The molecule has 0 fully saturated rings. The molecule has 0 saturated heterocycles. The number of nitrogens with zero attached hydrogens (tertiary/aromatic N) is 1. The SMILES string of the molecule is CC(C)C(O)CCCc1nc(C(C)(C)C)cs1. The van der Waals surface area contributed by atoms with Crippen LogP contribution in [0.25, 0.3) is 0 Å². The molecule has 98 valence electrons. The molecule has 1 unspecified atom stereocenters. The van der Waals surface area contributed by atoms with Crippen molar-refractivity contribution < 1.29 is 5.11 Å². The molecular weight excluding hydrogens is 230 g/mol. The first-order valence-electron chi connectivity index (χ1n) is 6.43. The van der Waals surface area contributed by atoms with Crippen molar-refractivity contribution >= 4 is 11.3 Å². The fraction of sp³-hybridized carbons (Fsp3) is 0.786. The summed E-state index contributed by atoms with van der Waals surface area (Å²) < 4.78 is 0. The van der Waals surface area contributed by atoms with Crippen molar-refractivity contribution in [2.45, 2.75) is 65.4 Å². The summed E-state index contributed by atoms with van der Waals surface area (Å²) in [4.78, 5) is 4.66. The van der Waals surface area contributed by atoms with E-state index in [0.29, 0.717) is 5.92 Å². The Labute approximate surface area is 109 Å². The Bertz CT molecular complexity index is 338. The molecule has 17 heavy (non-hydrogen) atoms. The normalized spacial score (nSPS) is 14.3. The molecule has 0 amide bonds. The van der Waals surface area contributed by atoms with Gasteiger partial charge in [0.15, 0.2) is 0 Å². The molecule has 0 aliphatic carbocycles. The minimum absolute atomic E-state index is 0.145. The van der Waals surface area contributed by atoms with Crippen LogP contribution >= 0.6 is 11.3 Å². The average molecular weight is 255 g/mol. The zero-order chi connectivity index (χ0) is 13.1. The van der Waals surface area contributed by atoms with Crippen LogP contribution in [0.5, 0.6) is 0 Å². The quantitative estimate of drug-likeness (QED) is 0.868. The van der Waals surface area contributed by atoms with Gasteiger partial charge >= 0.3 is 0 Å². The number of rotatable bonds is 5. The number of hydrogen-bond donors (Lipinski definition) is 1. The molecule has 3 heteroatoms. The molecule has 2 nitrogen and oxygen atoms in total. The van der Waals surface area contributed by atoms with Crippen molar-refractivity contribution in [1.82, 2.24) is 4.98 Å². The molecule has 0 aromatic carbocycles. The Morgan fingerprint density at radius 3 is 2.47 bits per heavy atom. The molecule has 0 spiro atoms. The van der Waals surface area contributed by atoms with Crippen LogP contribution in [0, 0.1) is 5.92 Å². The van der Waals surface area contributed by atoms with Gasteiger partial charge in [-0.05, 0) is 25.2 Å². The molecule has 1 heterocycles. The van der Waals surface area contributed by atoms with Gasteiger partial charge in [0, 0.05) is 10.8 Å². The highest BCUT2D eigenvalue weighted by Crippen LogP contribution is 2.24. The fourth-order valence-corrected chi connectivity index (χ4v) is 2.63. The van der Waals surface area contributed by atoms with E-state index in [2.05, 4.69) is 45.0 Å². The predicted octanol–water partition coefficient (Wildman–Crippen LogP) is 3.78. The Balaban J connectivity index is 2.41. The summed E-state index contributed by atoms with van der Waals surface area (Å²) in [5.41, 5.74) is 1.33. The topological polar surface area (TPSA) is 33.1 Å². The monoisotopic (exact) mass is 255 g/mol. The highest BCUT2D eigenvalue weighted by molar-refractivity contribution is 7.09. The summed E-state index contributed by atoms with van der Waals surface area (Å²) in [6, 6.07) is 0. The smallest absolute Gasteiger partial charge is 0.0928 e. The second-order valence-electron chi connectivity index (χ2n) is 6.08. The van der Waals surface area contributed by atoms with Crippen LogP contribution in [0.15, 0.2) is 5.38 Å². The molecule has 1 aromatic heterocycles. The van der Waals surface area contributed by atoms with Gasteiger partial charge in [-0.25, -0.2) is 4.98 Å². The number of aryl methyl sites for hydroxylation is 1. The first kappa shape index (κ1) is 14.7. The number of aliphatic hydroxyl groups excluding tert-OH is 1. The van der Waals surface area contributed by atoms with E-state index < -0.39 is 0 Å². The van der Waals surface area contributed by atoms with Crippen molar-refractivity contribution in [2.24, 2.45) is 5.92 Å². The summed E-state index contributed by atoms with van der Waals surface area (Å²) in [5.74, 6) is 0.358. The van der Waals surface area contributed by atoms with Crippen LogP contribution in [0.4, 0.5) is 0 Å². The predicted molar refractivity (Wildman–Crippen MR) is 74.6 cm³/mol. The first-order chi connectivity index (χ1) is 7.80. The van der Waals surface area contributed by atoms with Gasteiger partial charge in [0.05, 0.1) is 16.8 Å². The third-order valence-electron chi connectivity index (χ3n) is 2.98. The second kappa shape index (κ2) is 5.96. The van der Waals surface area contributed by atoms with E-state index in [0.717, 1.165) is 19.3 Å². The molecule has 0 aliphatic heterocycles. The lowest BCUT2D eigenvalue weighted by molar-refractivity contribution is 0.114. The number of thiazole rings is 1. The van der Waals surface area contributed by atoms with Crippen LogP contribution in [-0.2, 0) is 11.8 Å². The minimum Gasteiger partial charge on any atom is -0.393 e. The van der Waals surface area contributed by atoms with E-state index in [1.54, 1.807) is 11.3 Å². The molecule has 1 N–H and O–H groups in total. The number of aromatic nitrogens is 1. The Hall–Kier alpha value is -0.410. The van der Waals surface area contributed by atoms with Gasteiger partial charge in [-0.3, -0.25) is 0 Å². The second-order valence-corrected chi connectivity index (χ2v) is 7.02. The molecule has 0 saturated carbocycles. The highest BCUT2D eigenvalue weighted by atomic mass is 32.1. The lowest BCUT2D eigenvalue weighted by atomic mass is 9.93. The average Bonchev–Trinajstić information content (AvgIpc) is 2.65. The number of hydrogen-bond acceptors (Lipinski definition) is 3. The van der Waals surface area contributed by atoms with E-state index >= 15 is 0 Å². The van der Waals surface area contributed by atoms with Crippen LogP contribution in [0.3, 0.4) is 0 Å². The zero-order valence-electron chi connectivity index (χ0n) is 11.7. The highest BCUT2D eigenvalue weighted by Gasteiger charge is 2.17.